The van der Waals surface area contributed by atoms with Gasteiger partial charge in [-0.05, 0) is 62.6 Å². The van der Waals surface area contributed by atoms with Crippen molar-refractivity contribution in [2.24, 2.45) is 0 Å². The van der Waals surface area contributed by atoms with Crippen molar-refractivity contribution in [1.29, 1.82) is 5.26 Å². The molecule has 1 saturated carbocycles. The first-order valence-corrected chi connectivity index (χ1v) is 13.7. The number of sulfonamides is 1. The molecule has 1 amide bonds. The lowest BCUT2D eigenvalue weighted by atomic mass is 9.69. The van der Waals surface area contributed by atoms with E-state index in [9.17, 15) is 18.5 Å². The molecule has 1 aliphatic heterocycles. The summed E-state index contributed by atoms with van der Waals surface area (Å²) in [6.07, 6.45) is 3.61. The van der Waals surface area contributed by atoms with Crippen LogP contribution < -0.4 is 5.32 Å². The van der Waals surface area contributed by atoms with Crippen molar-refractivity contribution >= 4 is 15.9 Å². The number of nitriles is 1. The second-order valence-corrected chi connectivity index (χ2v) is 12.0. The molecule has 2 fully saturated rings. The van der Waals surface area contributed by atoms with Gasteiger partial charge in [-0.25, -0.2) is 12.8 Å². The monoisotopic (exact) mass is 497 g/mol. The fourth-order valence-corrected chi connectivity index (χ4v) is 7.69. The topological polar surface area (TPSA) is 90.3 Å². The van der Waals surface area contributed by atoms with Gasteiger partial charge < -0.3 is 5.32 Å². The van der Waals surface area contributed by atoms with Crippen molar-refractivity contribution in [3.63, 3.8) is 0 Å². The number of carbonyl (C=O) groups is 1. The van der Waals surface area contributed by atoms with Crippen LogP contribution in [0.5, 0.6) is 0 Å². The van der Waals surface area contributed by atoms with E-state index in [1.54, 1.807) is 12.1 Å². The molecular weight excluding hydrogens is 465 g/mol. The van der Waals surface area contributed by atoms with Crippen LogP contribution in [0.4, 0.5) is 4.39 Å². The van der Waals surface area contributed by atoms with Crippen molar-refractivity contribution in [2.75, 3.05) is 0 Å². The Bertz CT molecular complexity index is 1220. The quantitative estimate of drug-likeness (QED) is 0.647. The lowest BCUT2D eigenvalue weighted by Gasteiger charge is -2.38. The normalized spacial score (nSPS) is 28.7. The lowest BCUT2D eigenvalue weighted by Crippen LogP contribution is -2.44. The number of carbonyl (C=O) groups excluding carboxylic acids is 1. The molecule has 2 aromatic carbocycles. The zero-order chi connectivity index (χ0) is 25.2. The van der Waals surface area contributed by atoms with Gasteiger partial charge in [0, 0.05) is 31.1 Å². The van der Waals surface area contributed by atoms with Gasteiger partial charge in [0.05, 0.1) is 11.5 Å². The van der Waals surface area contributed by atoms with Gasteiger partial charge in [0.2, 0.25) is 15.9 Å². The number of rotatable bonds is 5. The van der Waals surface area contributed by atoms with E-state index in [0.29, 0.717) is 49.7 Å². The summed E-state index contributed by atoms with van der Waals surface area (Å²) in [7, 11) is -3.67. The number of hydrogen-bond donors (Lipinski definition) is 1. The van der Waals surface area contributed by atoms with Crippen molar-refractivity contribution in [1.82, 2.24) is 9.62 Å². The molecule has 35 heavy (non-hydrogen) atoms. The third-order valence-corrected chi connectivity index (χ3v) is 9.96. The summed E-state index contributed by atoms with van der Waals surface area (Å²) in [4.78, 5) is 11.4. The average molecular weight is 498 g/mol. The van der Waals surface area contributed by atoms with Crippen LogP contribution in [0.1, 0.15) is 74.3 Å². The summed E-state index contributed by atoms with van der Waals surface area (Å²) in [5.41, 5.74) is 0.861. The third kappa shape index (κ3) is 5.12. The Morgan fingerprint density at radius 2 is 1.83 bits per heavy atom. The molecule has 186 valence electrons. The highest BCUT2D eigenvalue weighted by Crippen LogP contribution is 2.41. The summed E-state index contributed by atoms with van der Waals surface area (Å²) in [6.45, 7) is 3.30. The number of nitrogens with one attached hydrogen (secondary N) is 1. The zero-order valence-corrected chi connectivity index (χ0v) is 21.0. The van der Waals surface area contributed by atoms with E-state index < -0.39 is 26.5 Å². The van der Waals surface area contributed by atoms with Crippen molar-refractivity contribution < 1.29 is 17.6 Å². The summed E-state index contributed by atoms with van der Waals surface area (Å²) < 4.78 is 43.7. The highest BCUT2D eigenvalue weighted by molar-refractivity contribution is 7.89. The second kappa shape index (κ2) is 10.1. The summed E-state index contributed by atoms with van der Waals surface area (Å²) in [6, 6.07) is 16.2. The van der Waals surface area contributed by atoms with Crippen molar-refractivity contribution in [3.05, 3.63) is 71.0 Å². The van der Waals surface area contributed by atoms with E-state index in [1.807, 2.05) is 37.3 Å². The predicted molar refractivity (Wildman–Crippen MR) is 132 cm³/mol. The standard InChI is InChI=1S/C27H32FN3O3S/c1-19-8-11-26(21-6-4-3-5-7-21)35(33,34)31(19)17-22-9-10-23(16-25(22)28)27(18-29)14-12-24(13-15-27)30-20(2)32/h3-7,9-10,16,19,24,26H,8,11-15,17H2,1-2H3,(H,30,32)/t19-,24?,26+,27?/m0/s1. The molecular formula is C27H32FN3O3S. The van der Waals surface area contributed by atoms with Gasteiger partial charge in [0.25, 0.3) is 0 Å². The minimum atomic E-state index is -3.67. The molecule has 0 bridgehead atoms. The molecule has 1 heterocycles. The summed E-state index contributed by atoms with van der Waals surface area (Å²) >= 11 is 0. The fraction of sp³-hybridized carbons (Fsp3) is 0.481. The number of amides is 1. The van der Waals surface area contributed by atoms with Gasteiger partial charge in [-0.1, -0.05) is 42.5 Å². The third-order valence-electron chi connectivity index (χ3n) is 7.59. The first kappa shape index (κ1) is 25.3. The Morgan fingerprint density at radius 3 is 2.43 bits per heavy atom. The first-order chi connectivity index (χ1) is 16.7. The van der Waals surface area contributed by atoms with Crippen LogP contribution in [0, 0.1) is 17.1 Å². The summed E-state index contributed by atoms with van der Waals surface area (Å²) in [5.74, 6) is -0.586. The van der Waals surface area contributed by atoms with Gasteiger partial charge in [0.1, 0.15) is 11.1 Å². The molecule has 2 atom stereocenters. The molecule has 0 unspecified atom stereocenters. The molecule has 1 saturated heterocycles. The molecule has 4 rings (SSSR count). The van der Waals surface area contributed by atoms with E-state index in [4.69, 9.17) is 0 Å². The molecule has 0 spiro atoms. The minimum Gasteiger partial charge on any atom is -0.354 e. The van der Waals surface area contributed by atoms with Crippen molar-refractivity contribution in [2.45, 2.75) is 81.7 Å². The smallest absolute Gasteiger partial charge is 0.221 e. The van der Waals surface area contributed by atoms with Crippen LogP contribution in [-0.4, -0.2) is 30.7 Å². The van der Waals surface area contributed by atoms with Crippen LogP contribution in [0.2, 0.25) is 0 Å². The number of nitrogens with zero attached hydrogens (tertiary/aromatic N) is 2. The molecule has 0 aromatic heterocycles. The lowest BCUT2D eigenvalue weighted by molar-refractivity contribution is -0.119. The number of benzene rings is 2. The molecule has 6 nitrogen and oxygen atoms in total. The number of halogens is 1. The molecule has 8 heteroatoms. The maximum absolute atomic E-state index is 15.3. The van der Waals surface area contributed by atoms with Crippen LogP contribution in [0.15, 0.2) is 48.5 Å². The highest BCUT2D eigenvalue weighted by Gasteiger charge is 2.41. The summed E-state index contributed by atoms with van der Waals surface area (Å²) in [5, 5.41) is 12.2. The van der Waals surface area contributed by atoms with Gasteiger partial charge in [-0.2, -0.15) is 9.57 Å². The van der Waals surface area contributed by atoms with E-state index in [2.05, 4.69) is 11.4 Å². The minimum absolute atomic E-state index is 0.0291. The van der Waals surface area contributed by atoms with Gasteiger partial charge >= 0.3 is 0 Å². The number of hydrogen-bond acceptors (Lipinski definition) is 4. The maximum Gasteiger partial charge on any atom is 0.221 e. The van der Waals surface area contributed by atoms with Gasteiger partial charge in [0.15, 0.2) is 0 Å². The zero-order valence-electron chi connectivity index (χ0n) is 20.2. The SMILES string of the molecule is CC(=O)NC1CCC(C#N)(c2ccc(CN3[C@@H](C)CC[C@H](c4ccccc4)S3(=O)=O)c(F)c2)CC1. The Morgan fingerprint density at radius 1 is 1.14 bits per heavy atom. The average Bonchev–Trinajstić information content (AvgIpc) is 2.83. The first-order valence-electron chi connectivity index (χ1n) is 12.2. The van der Waals surface area contributed by atoms with Crippen LogP contribution in [-0.2, 0) is 26.8 Å². The highest BCUT2D eigenvalue weighted by atomic mass is 32.2. The Labute approximate surface area is 207 Å². The molecule has 2 aromatic rings. The molecule has 1 N–H and O–H groups in total. The van der Waals surface area contributed by atoms with Crippen LogP contribution in [0.25, 0.3) is 0 Å². The predicted octanol–water partition coefficient (Wildman–Crippen LogP) is 4.72. The van der Waals surface area contributed by atoms with E-state index in [1.165, 1.54) is 17.3 Å². The Kier molecular flexibility index (Phi) is 7.30. The largest absolute Gasteiger partial charge is 0.354 e. The molecule has 2 aliphatic rings. The molecule has 1 aliphatic carbocycles. The molecule has 0 radical (unpaired) electrons. The Hall–Kier alpha value is -2.76. The van der Waals surface area contributed by atoms with Crippen LogP contribution >= 0.6 is 0 Å². The Balaban J connectivity index is 1.55. The fourth-order valence-electron chi connectivity index (χ4n) is 5.50. The van der Waals surface area contributed by atoms with Gasteiger partial charge in [-0.15, -0.1) is 0 Å². The van der Waals surface area contributed by atoms with Crippen LogP contribution in [0.3, 0.4) is 0 Å². The maximum atomic E-state index is 15.3. The van der Waals surface area contributed by atoms with E-state index >= 15 is 4.39 Å². The van der Waals surface area contributed by atoms with Gasteiger partial charge in [-0.3, -0.25) is 4.79 Å². The van der Waals surface area contributed by atoms with Crippen molar-refractivity contribution in [3.8, 4) is 6.07 Å². The van der Waals surface area contributed by atoms with E-state index in [0.717, 1.165) is 5.56 Å². The van der Waals surface area contributed by atoms with E-state index in [-0.39, 0.29) is 24.5 Å². The second-order valence-electron chi connectivity index (χ2n) is 9.89.